The molecule has 0 unspecified atom stereocenters. The Morgan fingerprint density at radius 1 is 0.943 bits per heavy atom. The van der Waals surface area contributed by atoms with Crippen LogP contribution in [0.5, 0.6) is 0 Å². The number of aromatic nitrogens is 2. The molecule has 3 aromatic carbocycles. The van der Waals surface area contributed by atoms with Gasteiger partial charge >= 0.3 is 0 Å². The lowest BCUT2D eigenvalue weighted by Crippen LogP contribution is -2.40. The molecule has 6 nitrogen and oxygen atoms in total. The van der Waals surface area contributed by atoms with Gasteiger partial charge in [0.1, 0.15) is 12.4 Å². The molecule has 0 aliphatic carbocycles. The van der Waals surface area contributed by atoms with E-state index in [1.165, 1.54) is 0 Å². The summed E-state index contributed by atoms with van der Waals surface area (Å²) in [5.41, 5.74) is 3.07. The number of amides is 2. The molecule has 4 rings (SSSR count). The van der Waals surface area contributed by atoms with Gasteiger partial charge in [-0.15, -0.1) is 0 Å². The number of benzene rings is 3. The molecule has 0 radical (unpaired) electrons. The molecule has 0 fully saturated rings. The molecule has 0 bridgehead atoms. The molecule has 1 N–H and O–H groups in total. The van der Waals surface area contributed by atoms with Crippen LogP contribution in [0.2, 0.25) is 0 Å². The maximum absolute atomic E-state index is 13.2. The summed E-state index contributed by atoms with van der Waals surface area (Å²) >= 11 is 3.40. The summed E-state index contributed by atoms with van der Waals surface area (Å²) < 4.78 is 2.61. The smallest absolute Gasteiger partial charge is 0.254 e. The predicted octanol–water partition coefficient (Wildman–Crippen LogP) is 6.04. The minimum Gasteiger partial charge on any atom is -0.329 e. The second kappa shape index (κ2) is 11.1. The molecule has 1 heterocycles. The Labute approximate surface area is 213 Å². The van der Waals surface area contributed by atoms with Crippen molar-refractivity contribution < 1.29 is 9.59 Å². The van der Waals surface area contributed by atoms with Gasteiger partial charge in [0.2, 0.25) is 5.91 Å². The Bertz CT molecular complexity index is 1290. The fourth-order valence-electron chi connectivity index (χ4n) is 3.78. The molecule has 35 heavy (non-hydrogen) atoms. The fourth-order valence-corrected chi connectivity index (χ4v) is 4.04. The summed E-state index contributed by atoms with van der Waals surface area (Å²) in [7, 11) is 0. The molecule has 0 aliphatic rings. The lowest BCUT2D eigenvalue weighted by molar-refractivity contribution is -0.117. The number of nitrogens with zero attached hydrogens (tertiary/aromatic N) is 3. The van der Waals surface area contributed by atoms with Gasteiger partial charge in [0.15, 0.2) is 0 Å². The zero-order chi connectivity index (χ0) is 24.8. The van der Waals surface area contributed by atoms with Crippen molar-refractivity contribution in [3.63, 3.8) is 0 Å². The number of halogens is 1. The SMILES string of the molecule is CC(C)CN(CC(=O)Nc1cc(-c2ccccc2)nn1-c1ccccc1)C(=O)c1ccc(Br)cc1. The van der Waals surface area contributed by atoms with Crippen molar-refractivity contribution in [1.29, 1.82) is 0 Å². The number of anilines is 1. The second-order valence-corrected chi connectivity index (χ2v) is 9.58. The Balaban J connectivity index is 1.59. The monoisotopic (exact) mass is 530 g/mol. The van der Waals surface area contributed by atoms with E-state index < -0.39 is 0 Å². The largest absolute Gasteiger partial charge is 0.329 e. The van der Waals surface area contributed by atoms with Crippen LogP contribution in [-0.2, 0) is 4.79 Å². The average molecular weight is 531 g/mol. The van der Waals surface area contributed by atoms with E-state index in [9.17, 15) is 9.59 Å². The third-order valence-electron chi connectivity index (χ3n) is 5.35. The molecular weight excluding hydrogens is 504 g/mol. The van der Waals surface area contributed by atoms with Crippen molar-refractivity contribution in [2.24, 2.45) is 5.92 Å². The molecule has 0 saturated heterocycles. The number of hydrogen-bond donors (Lipinski definition) is 1. The number of carbonyl (C=O) groups excluding carboxylic acids is 2. The van der Waals surface area contributed by atoms with Crippen LogP contribution in [0.25, 0.3) is 16.9 Å². The average Bonchev–Trinajstić information content (AvgIpc) is 3.28. The zero-order valence-corrected chi connectivity index (χ0v) is 21.3. The zero-order valence-electron chi connectivity index (χ0n) is 19.7. The summed E-state index contributed by atoms with van der Waals surface area (Å²) in [5, 5.41) is 7.72. The molecule has 7 heteroatoms. The summed E-state index contributed by atoms with van der Waals surface area (Å²) in [4.78, 5) is 27.9. The van der Waals surface area contributed by atoms with Crippen LogP contribution in [0.3, 0.4) is 0 Å². The number of rotatable bonds is 8. The number of para-hydroxylation sites is 1. The second-order valence-electron chi connectivity index (χ2n) is 8.66. The van der Waals surface area contributed by atoms with Gasteiger partial charge in [-0.1, -0.05) is 78.3 Å². The highest BCUT2D eigenvalue weighted by molar-refractivity contribution is 9.10. The molecule has 0 spiro atoms. The summed E-state index contributed by atoms with van der Waals surface area (Å²) in [6.07, 6.45) is 0. The van der Waals surface area contributed by atoms with Crippen LogP contribution >= 0.6 is 15.9 Å². The molecule has 4 aromatic rings. The van der Waals surface area contributed by atoms with Gasteiger partial charge in [0.25, 0.3) is 5.91 Å². The lowest BCUT2D eigenvalue weighted by atomic mass is 10.1. The standard InChI is InChI=1S/C28H27BrN4O2/c1-20(2)18-32(28(35)22-13-15-23(29)16-14-22)19-27(34)30-26-17-25(21-9-5-3-6-10-21)31-33(26)24-11-7-4-8-12-24/h3-17,20H,18-19H2,1-2H3,(H,30,34). The van der Waals surface area contributed by atoms with Gasteiger partial charge in [-0.25, -0.2) is 4.68 Å². The Morgan fingerprint density at radius 3 is 2.20 bits per heavy atom. The molecule has 0 saturated carbocycles. The minimum atomic E-state index is -0.284. The lowest BCUT2D eigenvalue weighted by Gasteiger charge is -2.24. The van der Waals surface area contributed by atoms with Crippen LogP contribution in [0, 0.1) is 5.92 Å². The number of hydrogen-bond acceptors (Lipinski definition) is 3. The summed E-state index contributed by atoms with van der Waals surface area (Å²) in [6.45, 7) is 4.45. The van der Waals surface area contributed by atoms with E-state index in [-0.39, 0.29) is 24.3 Å². The third kappa shape index (κ3) is 6.25. The normalized spacial score (nSPS) is 10.9. The highest BCUT2D eigenvalue weighted by Gasteiger charge is 2.21. The summed E-state index contributed by atoms with van der Waals surface area (Å²) in [6, 6.07) is 28.5. The first-order chi connectivity index (χ1) is 16.9. The van der Waals surface area contributed by atoms with Gasteiger partial charge in [-0.2, -0.15) is 5.10 Å². The highest BCUT2D eigenvalue weighted by atomic mass is 79.9. The first kappa shape index (κ1) is 24.4. The van der Waals surface area contributed by atoms with Crippen LogP contribution in [0.15, 0.2) is 95.5 Å². The fraction of sp³-hybridized carbons (Fsp3) is 0.179. The molecule has 0 atom stereocenters. The molecule has 0 aliphatic heterocycles. The topological polar surface area (TPSA) is 67.2 Å². The number of carbonyl (C=O) groups is 2. The van der Waals surface area contributed by atoms with E-state index >= 15 is 0 Å². The number of nitrogens with one attached hydrogen (secondary N) is 1. The van der Waals surface area contributed by atoms with Crippen molar-refractivity contribution >= 4 is 33.6 Å². The quantitative estimate of drug-likeness (QED) is 0.302. The Morgan fingerprint density at radius 2 is 1.57 bits per heavy atom. The predicted molar refractivity (Wildman–Crippen MR) is 143 cm³/mol. The highest BCUT2D eigenvalue weighted by Crippen LogP contribution is 2.25. The van der Waals surface area contributed by atoms with E-state index in [2.05, 4.69) is 21.2 Å². The first-order valence-electron chi connectivity index (χ1n) is 11.5. The van der Waals surface area contributed by atoms with Crippen LogP contribution in [0.4, 0.5) is 5.82 Å². The van der Waals surface area contributed by atoms with Crippen molar-refractivity contribution in [1.82, 2.24) is 14.7 Å². The van der Waals surface area contributed by atoms with Crippen molar-refractivity contribution in [3.8, 4) is 16.9 Å². The van der Waals surface area contributed by atoms with Crippen molar-refractivity contribution in [2.75, 3.05) is 18.4 Å². The van der Waals surface area contributed by atoms with Gasteiger partial charge in [0, 0.05) is 28.2 Å². The third-order valence-corrected chi connectivity index (χ3v) is 5.87. The van der Waals surface area contributed by atoms with E-state index in [0.717, 1.165) is 21.4 Å². The minimum absolute atomic E-state index is 0.0618. The van der Waals surface area contributed by atoms with E-state index in [4.69, 9.17) is 5.10 Å². The van der Waals surface area contributed by atoms with Crippen LogP contribution < -0.4 is 5.32 Å². The van der Waals surface area contributed by atoms with Gasteiger partial charge in [0.05, 0.1) is 11.4 Å². The van der Waals surface area contributed by atoms with E-state index in [1.54, 1.807) is 21.7 Å². The Kier molecular flexibility index (Phi) is 7.77. The van der Waals surface area contributed by atoms with Gasteiger partial charge < -0.3 is 10.2 Å². The van der Waals surface area contributed by atoms with E-state index in [0.29, 0.717) is 17.9 Å². The molecular formula is C28H27BrN4O2. The summed E-state index contributed by atoms with van der Waals surface area (Å²) in [5.74, 6) is 0.290. The molecule has 2 amide bonds. The first-order valence-corrected chi connectivity index (χ1v) is 12.3. The van der Waals surface area contributed by atoms with Crippen LogP contribution in [-0.4, -0.2) is 39.6 Å². The van der Waals surface area contributed by atoms with Crippen molar-refractivity contribution in [3.05, 3.63) is 101 Å². The maximum atomic E-state index is 13.2. The Hall–Kier alpha value is -3.71. The van der Waals surface area contributed by atoms with E-state index in [1.807, 2.05) is 92.7 Å². The molecule has 1 aromatic heterocycles. The van der Waals surface area contributed by atoms with Gasteiger partial charge in [-0.05, 0) is 42.3 Å². The molecule has 178 valence electrons. The van der Waals surface area contributed by atoms with Crippen molar-refractivity contribution in [2.45, 2.75) is 13.8 Å². The van der Waals surface area contributed by atoms with Crippen LogP contribution in [0.1, 0.15) is 24.2 Å². The van der Waals surface area contributed by atoms with Gasteiger partial charge in [-0.3, -0.25) is 9.59 Å². The maximum Gasteiger partial charge on any atom is 0.254 e.